The number of rotatable bonds is 4. The van der Waals surface area contributed by atoms with E-state index in [1.165, 1.54) is 12.3 Å². The van der Waals surface area contributed by atoms with Crippen molar-refractivity contribution in [3.63, 3.8) is 0 Å². The van der Waals surface area contributed by atoms with E-state index in [1.807, 2.05) is 6.07 Å². The van der Waals surface area contributed by atoms with E-state index in [-0.39, 0.29) is 15.7 Å². The molecular weight excluding hydrogens is 395 g/mol. The normalized spacial score (nSPS) is 10.1. The van der Waals surface area contributed by atoms with Crippen LogP contribution < -0.4 is 5.32 Å². The predicted octanol–water partition coefficient (Wildman–Crippen LogP) is 3.95. The Labute approximate surface area is 144 Å². The molecule has 0 radical (unpaired) electrons. The summed E-state index contributed by atoms with van der Waals surface area (Å²) in [6, 6.07) is 8.41. The molecule has 0 atom stereocenters. The number of hydrogen-bond acceptors (Lipinski definition) is 4. The number of esters is 1. The number of nitrogens with zero attached hydrogens (tertiary/aromatic N) is 1. The molecule has 1 amide bonds. The van der Waals surface area contributed by atoms with Crippen molar-refractivity contribution >= 4 is 56.7 Å². The summed E-state index contributed by atoms with van der Waals surface area (Å²) >= 11 is 14.7. The molecule has 0 aliphatic carbocycles. The molecule has 8 heteroatoms. The summed E-state index contributed by atoms with van der Waals surface area (Å²) in [5.74, 6) is -1.18. The van der Waals surface area contributed by atoms with Gasteiger partial charge in [0.2, 0.25) is 0 Å². The molecule has 1 heterocycles. The number of para-hydroxylation sites is 1. The van der Waals surface area contributed by atoms with Crippen LogP contribution in [0.2, 0.25) is 10.2 Å². The van der Waals surface area contributed by atoms with Gasteiger partial charge in [0.05, 0.1) is 16.3 Å². The van der Waals surface area contributed by atoms with E-state index in [0.717, 1.165) is 4.47 Å². The van der Waals surface area contributed by atoms with Crippen molar-refractivity contribution in [2.24, 2.45) is 0 Å². The molecule has 0 unspecified atom stereocenters. The monoisotopic (exact) mass is 402 g/mol. The van der Waals surface area contributed by atoms with Crippen LogP contribution in [0.1, 0.15) is 10.4 Å². The Morgan fingerprint density at radius 2 is 2.00 bits per heavy atom. The Morgan fingerprint density at radius 1 is 1.27 bits per heavy atom. The van der Waals surface area contributed by atoms with E-state index in [1.54, 1.807) is 18.2 Å². The van der Waals surface area contributed by atoms with Crippen molar-refractivity contribution in [1.29, 1.82) is 0 Å². The molecule has 0 fully saturated rings. The summed E-state index contributed by atoms with van der Waals surface area (Å²) < 4.78 is 5.61. The fourth-order valence-electron chi connectivity index (χ4n) is 1.50. The van der Waals surface area contributed by atoms with Gasteiger partial charge in [-0.3, -0.25) is 4.79 Å². The molecule has 22 heavy (non-hydrogen) atoms. The van der Waals surface area contributed by atoms with Crippen LogP contribution in [0.5, 0.6) is 0 Å². The third-order valence-electron chi connectivity index (χ3n) is 2.51. The highest BCUT2D eigenvalue weighted by Crippen LogP contribution is 2.21. The van der Waals surface area contributed by atoms with Crippen LogP contribution in [0.3, 0.4) is 0 Å². The van der Waals surface area contributed by atoms with Crippen LogP contribution in [0, 0.1) is 0 Å². The molecule has 0 aliphatic heterocycles. The quantitative estimate of drug-likeness (QED) is 0.619. The van der Waals surface area contributed by atoms with Gasteiger partial charge in [-0.25, -0.2) is 9.78 Å². The van der Waals surface area contributed by atoms with Gasteiger partial charge in [0.25, 0.3) is 5.91 Å². The smallest absolute Gasteiger partial charge is 0.340 e. The van der Waals surface area contributed by atoms with Crippen LogP contribution in [0.4, 0.5) is 5.69 Å². The Balaban J connectivity index is 1.92. The molecule has 1 aromatic heterocycles. The number of halogens is 3. The van der Waals surface area contributed by atoms with Crippen molar-refractivity contribution in [2.75, 3.05) is 11.9 Å². The first kappa shape index (κ1) is 16.7. The van der Waals surface area contributed by atoms with Crippen LogP contribution in [0.25, 0.3) is 0 Å². The third-order valence-corrected chi connectivity index (χ3v) is 3.89. The van der Waals surface area contributed by atoms with E-state index in [2.05, 4.69) is 26.2 Å². The van der Waals surface area contributed by atoms with Crippen LogP contribution in [0.15, 0.2) is 41.0 Å². The van der Waals surface area contributed by atoms with Gasteiger partial charge in [0, 0.05) is 10.7 Å². The summed E-state index contributed by atoms with van der Waals surface area (Å²) in [7, 11) is 0. The zero-order chi connectivity index (χ0) is 16.1. The summed E-state index contributed by atoms with van der Waals surface area (Å²) in [5, 5.41) is 2.83. The standard InChI is InChI=1S/C14H9BrCl2N2O3/c15-9-3-1-2-4-11(9)19-12(20)7-22-14(21)8-5-10(16)13(17)18-6-8/h1-6H,7H2,(H,19,20). The number of benzene rings is 1. The van der Waals surface area contributed by atoms with Gasteiger partial charge >= 0.3 is 5.97 Å². The van der Waals surface area contributed by atoms with Crippen molar-refractivity contribution < 1.29 is 14.3 Å². The molecule has 0 aliphatic rings. The molecule has 5 nitrogen and oxygen atoms in total. The first-order chi connectivity index (χ1) is 10.5. The molecule has 0 bridgehead atoms. The minimum Gasteiger partial charge on any atom is -0.452 e. The highest BCUT2D eigenvalue weighted by molar-refractivity contribution is 9.10. The number of ether oxygens (including phenoxy) is 1. The number of pyridine rings is 1. The summed E-state index contributed by atoms with van der Waals surface area (Å²) in [5.41, 5.74) is 0.697. The predicted molar refractivity (Wildman–Crippen MR) is 87.3 cm³/mol. The minimum atomic E-state index is -0.714. The Bertz CT molecular complexity index is 725. The lowest BCUT2D eigenvalue weighted by Gasteiger charge is -2.08. The van der Waals surface area contributed by atoms with Crippen molar-refractivity contribution in [2.45, 2.75) is 0 Å². The fourth-order valence-corrected chi connectivity index (χ4v) is 2.15. The zero-order valence-electron chi connectivity index (χ0n) is 11.0. The number of anilines is 1. The Kier molecular flexibility index (Phi) is 5.76. The number of carbonyl (C=O) groups excluding carboxylic acids is 2. The summed E-state index contributed by atoms with van der Waals surface area (Å²) in [6.07, 6.45) is 1.22. The van der Waals surface area contributed by atoms with Crippen molar-refractivity contribution in [3.8, 4) is 0 Å². The van der Waals surface area contributed by atoms with Crippen molar-refractivity contribution in [3.05, 3.63) is 56.7 Å². The van der Waals surface area contributed by atoms with Gasteiger partial charge in [0.15, 0.2) is 6.61 Å². The molecular formula is C14H9BrCl2N2O3. The van der Waals surface area contributed by atoms with E-state index in [4.69, 9.17) is 27.9 Å². The average molecular weight is 404 g/mol. The van der Waals surface area contributed by atoms with Gasteiger partial charge in [-0.05, 0) is 34.1 Å². The van der Waals surface area contributed by atoms with Gasteiger partial charge < -0.3 is 10.1 Å². The molecule has 1 N–H and O–H groups in total. The number of hydrogen-bond donors (Lipinski definition) is 1. The maximum atomic E-state index is 11.8. The SMILES string of the molecule is O=C(COC(=O)c1cnc(Cl)c(Cl)c1)Nc1ccccc1Br. The summed E-state index contributed by atoms with van der Waals surface area (Å²) in [4.78, 5) is 27.3. The van der Waals surface area contributed by atoms with Crippen LogP contribution in [-0.2, 0) is 9.53 Å². The highest BCUT2D eigenvalue weighted by atomic mass is 79.9. The van der Waals surface area contributed by atoms with Gasteiger partial charge in [-0.15, -0.1) is 0 Å². The second-order valence-electron chi connectivity index (χ2n) is 4.10. The van der Waals surface area contributed by atoms with E-state index in [9.17, 15) is 9.59 Å². The lowest BCUT2D eigenvalue weighted by molar-refractivity contribution is -0.119. The number of nitrogens with one attached hydrogen (secondary N) is 1. The molecule has 0 saturated heterocycles. The molecule has 2 aromatic rings. The number of carbonyl (C=O) groups is 2. The maximum Gasteiger partial charge on any atom is 0.340 e. The Morgan fingerprint density at radius 3 is 2.68 bits per heavy atom. The lowest BCUT2D eigenvalue weighted by atomic mass is 10.3. The third kappa shape index (κ3) is 4.43. The van der Waals surface area contributed by atoms with E-state index >= 15 is 0 Å². The Hall–Kier alpha value is -1.63. The zero-order valence-corrected chi connectivity index (χ0v) is 14.1. The fraction of sp³-hybridized carbons (Fsp3) is 0.0714. The highest BCUT2D eigenvalue weighted by Gasteiger charge is 2.13. The molecule has 0 saturated carbocycles. The van der Waals surface area contributed by atoms with Crippen molar-refractivity contribution in [1.82, 2.24) is 4.98 Å². The lowest BCUT2D eigenvalue weighted by Crippen LogP contribution is -2.21. The number of aromatic nitrogens is 1. The molecule has 2 rings (SSSR count). The largest absolute Gasteiger partial charge is 0.452 e. The molecule has 114 valence electrons. The van der Waals surface area contributed by atoms with Crippen LogP contribution >= 0.6 is 39.1 Å². The van der Waals surface area contributed by atoms with E-state index < -0.39 is 18.5 Å². The molecule has 0 spiro atoms. The van der Waals surface area contributed by atoms with Crippen LogP contribution in [-0.4, -0.2) is 23.5 Å². The van der Waals surface area contributed by atoms with Gasteiger partial charge in [0.1, 0.15) is 5.15 Å². The first-order valence-electron chi connectivity index (χ1n) is 6.00. The average Bonchev–Trinajstić information content (AvgIpc) is 2.50. The van der Waals surface area contributed by atoms with Gasteiger partial charge in [-0.2, -0.15) is 0 Å². The van der Waals surface area contributed by atoms with Gasteiger partial charge in [-0.1, -0.05) is 35.3 Å². The summed E-state index contributed by atoms with van der Waals surface area (Å²) in [6.45, 7) is -0.430. The van der Waals surface area contributed by atoms with E-state index in [0.29, 0.717) is 5.69 Å². The number of amides is 1. The molecule has 1 aromatic carbocycles. The second-order valence-corrected chi connectivity index (χ2v) is 5.72. The topological polar surface area (TPSA) is 68.3 Å². The maximum absolute atomic E-state index is 11.8. The minimum absolute atomic E-state index is 0.0879. The second kappa shape index (κ2) is 7.58. The first-order valence-corrected chi connectivity index (χ1v) is 7.55.